The first-order valence-corrected chi connectivity index (χ1v) is 5.22. The van der Waals surface area contributed by atoms with Gasteiger partial charge in [-0.15, -0.1) is 0 Å². The van der Waals surface area contributed by atoms with Gasteiger partial charge < -0.3 is 5.11 Å². The summed E-state index contributed by atoms with van der Waals surface area (Å²) >= 11 is 5.86. The first kappa shape index (κ1) is 11.5. The number of aryl methyl sites for hydroxylation is 1. The fourth-order valence-electron chi connectivity index (χ4n) is 1.51. The van der Waals surface area contributed by atoms with Crippen LogP contribution in [-0.2, 0) is 5.60 Å². The Labute approximate surface area is 90.7 Å². The van der Waals surface area contributed by atoms with Gasteiger partial charge in [-0.3, -0.25) is 0 Å². The van der Waals surface area contributed by atoms with E-state index in [0.29, 0.717) is 5.02 Å². The average Bonchev–Trinajstić information content (AvgIpc) is 2.02. The van der Waals surface area contributed by atoms with Crippen molar-refractivity contribution in [3.05, 3.63) is 34.3 Å². The maximum Gasteiger partial charge on any atom is 0.0893 e. The number of halogens is 1. The lowest BCUT2D eigenvalue weighted by Gasteiger charge is -2.29. The van der Waals surface area contributed by atoms with Crippen LogP contribution < -0.4 is 0 Å². The van der Waals surface area contributed by atoms with Crippen LogP contribution in [0.2, 0.25) is 5.02 Å². The van der Waals surface area contributed by atoms with Crippen molar-refractivity contribution in [3.63, 3.8) is 0 Å². The summed E-state index contributed by atoms with van der Waals surface area (Å²) in [5, 5.41) is 11.0. The van der Waals surface area contributed by atoms with Crippen LogP contribution in [-0.4, -0.2) is 5.11 Å². The van der Waals surface area contributed by atoms with Crippen molar-refractivity contribution >= 4 is 11.6 Å². The van der Waals surface area contributed by atoms with Crippen molar-refractivity contribution in [3.8, 4) is 0 Å². The van der Waals surface area contributed by atoms with Gasteiger partial charge >= 0.3 is 0 Å². The molecule has 1 N–H and O–H groups in total. The summed E-state index contributed by atoms with van der Waals surface area (Å²) in [5.74, 6) is 0.183. The molecule has 0 saturated carbocycles. The van der Waals surface area contributed by atoms with Crippen molar-refractivity contribution in [2.24, 2.45) is 5.92 Å². The van der Waals surface area contributed by atoms with E-state index < -0.39 is 5.60 Å². The third-order valence-electron chi connectivity index (χ3n) is 2.86. The molecule has 1 aromatic rings. The molecule has 2 heteroatoms. The number of benzene rings is 1. The van der Waals surface area contributed by atoms with Crippen LogP contribution in [0.1, 0.15) is 31.9 Å². The van der Waals surface area contributed by atoms with E-state index in [9.17, 15) is 5.11 Å². The van der Waals surface area contributed by atoms with E-state index >= 15 is 0 Å². The van der Waals surface area contributed by atoms with Gasteiger partial charge in [-0.2, -0.15) is 0 Å². The summed E-state index contributed by atoms with van der Waals surface area (Å²) in [7, 11) is 0. The molecule has 78 valence electrons. The molecule has 0 radical (unpaired) electrons. The predicted octanol–water partition coefficient (Wildman–Crippen LogP) is 3.51. The van der Waals surface area contributed by atoms with E-state index in [1.54, 1.807) is 0 Å². The number of hydrogen-bond donors (Lipinski definition) is 1. The van der Waals surface area contributed by atoms with Gasteiger partial charge in [0.15, 0.2) is 0 Å². The molecule has 14 heavy (non-hydrogen) atoms. The second kappa shape index (κ2) is 3.92. The Kier molecular flexibility index (Phi) is 3.23. The Hall–Kier alpha value is -0.530. The Morgan fingerprint density at radius 1 is 1.36 bits per heavy atom. The van der Waals surface area contributed by atoms with Gasteiger partial charge in [0, 0.05) is 5.02 Å². The van der Waals surface area contributed by atoms with E-state index in [-0.39, 0.29) is 5.92 Å². The zero-order valence-electron chi connectivity index (χ0n) is 9.13. The number of rotatable bonds is 2. The molecule has 0 amide bonds. The predicted molar refractivity (Wildman–Crippen MR) is 60.6 cm³/mol. The van der Waals surface area contributed by atoms with Crippen LogP contribution in [0.3, 0.4) is 0 Å². The fourth-order valence-corrected chi connectivity index (χ4v) is 1.73. The highest BCUT2D eigenvalue weighted by molar-refractivity contribution is 6.30. The molecule has 1 unspecified atom stereocenters. The Bertz CT molecular complexity index is 329. The molecule has 0 aliphatic carbocycles. The molecule has 1 rings (SSSR count). The van der Waals surface area contributed by atoms with Crippen molar-refractivity contribution in [2.45, 2.75) is 33.3 Å². The topological polar surface area (TPSA) is 20.2 Å². The van der Waals surface area contributed by atoms with Crippen LogP contribution in [0.25, 0.3) is 0 Å². The molecule has 1 aromatic carbocycles. The Balaban J connectivity index is 3.19. The van der Waals surface area contributed by atoms with Crippen molar-refractivity contribution in [1.29, 1.82) is 0 Å². The Morgan fingerprint density at radius 3 is 2.36 bits per heavy atom. The van der Waals surface area contributed by atoms with Crippen LogP contribution in [0, 0.1) is 12.8 Å². The minimum Gasteiger partial charge on any atom is -0.385 e. The van der Waals surface area contributed by atoms with Crippen LogP contribution >= 0.6 is 11.6 Å². The highest BCUT2D eigenvalue weighted by Gasteiger charge is 2.28. The number of hydrogen-bond acceptors (Lipinski definition) is 1. The molecule has 0 aromatic heterocycles. The smallest absolute Gasteiger partial charge is 0.0893 e. The standard InChI is InChI=1S/C12H17ClO/c1-8(2)12(4,14)11-6-5-10(13)7-9(11)3/h5-8,14H,1-4H3. The maximum atomic E-state index is 10.3. The summed E-state index contributed by atoms with van der Waals surface area (Å²) in [6, 6.07) is 5.60. The summed E-state index contributed by atoms with van der Waals surface area (Å²) in [6.45, 7) is 7.83. The summed E-state index contributed by atoms with van der Waals surface area (Å²) in [4.78, 5) is 0. The number of aliphatic hydroxyl groups is 1. The fraction of sp³-hybridized carbons (Fsp3) is 0.500. The molecule has 0 fully saturated rings. The van der Waals surface area contributed by atoms with Crippen molar-refractivity contribution < 1.29 is 5.11 Å². The highest BCUT2D eigenvalue weighted by atomic mass is 35.5. The maximum absolute atomic E-state index is 10.3. The third-order valence-corrected chi connectivity index (χ3v) is 3.09. The van der Waals surface area contributed by atoms with Crippen molar-refractivity contribution in [1.82, 2.24) is 0 Å². The van der Waals surface area contributed by atoms with Gasteiger partial charge in [0.2, 0.25) is 0 Å². The molecule has 1 atom stereocenters. The monoisotopic (exact) mass is 212 g/mol. The van der Waals surface area contributed by atoms with Crippen LogP contribution in [0.4, 0.5) is 0 Å². The molecule has 1 nitrogen and oxygen atoms in total. The quantitative estimate of drug-likeness (QED) is 0.796. The van der Waals surface area contributed by atoms with Gasteiger partial charge in [-0.25, -0.2) is 0 Å². The van der Waals surface area contributed by atoms with Gasteiger partial charge in [0.25, 0.3) is 0 Å². The van der Waals surface area contributed by atoms with E-state index in [2.05, 4.69) is 0 Å². The van der Waals surface area contributed by atoms with Gasteiger partial charge in [0.05, 0.1) is 5.60 Å². The largest absolute Gasteiger partial charge is 0.385 e. The molecule has 0 saturated heterocycles. The SMILES string of the molecule is Cc1cc(Cl)ccc1C(C)(O)C(C)C. The van der Waals surface area contributed by atoms with E-state index in [1.807, 2.05) is 45.9 Å². The molecular weight excluding hydrogens is 196 g/mol. The lowest BCUT2D eigenvalue weighted by Crippen LogP contribution is -2.28. The first-order valence-electron chi connectivity index (χ1n) is 4.84. The van der Waals surface area contributed by atoms with E-state index in [1.165, 1.54) is 0 Å². The van der Waals surface area contributed by atoms with Gasteiger partial charge in [-0.05, 0) is 43.0 Å². The second-order valence-corrected chi connectivity index (χ2v) is 4.70. The average molecular weight is 213 g/mol. The molecule has 0 heterocycles. The van der Waals surface area contributed by atoms with Crippen LogP contribution in [0.15, 0.2) is 18.2 Å². The van der Waals surface area contributed by atoms with E-state index in [4.69, 9.17) is 11.6 Å². The highest BCUT2D eigenvalue weighted by Crippen LogP contribution is 2.32. The zero-order chi connectivity index (χ0) is 10.9. The van der Waals surface area contributed by atoms with Gasteiger partial charge in [-0.1, -0.05) is 31.5 Å². The Morgan fingerprint density at radius 2 is 1.93 bits per heavy atom. The molecule has 0 spiro atoms. The minimum atomic E-state index is -0.783. The lowest BCUT2D eigenvalue weighted by atomic mass is 9.83. The van der Waals surface area contributed by atoms with Crippen molar-refractivity contribution in [2.75, 3.05) is 0 Å². The zero-order valence-corrected chi connectivity index (χ0v) is 9.89. The second-order valence-electron chi connectivity index (χ2n) is 4.26. The summed E-state index contributed by atoms with van der Waals surface area (Å²) < 4.78 is 0. The lowest BCUT2D eigenvalue weighted by molar-refractivity contribution is 0.00848. The normalized spacial score (nSPS) is 15.6. The van der Waals surface area contributed by atoms with Crippen LogP contribution in [0.5, 0.6) is 0 Å². The van der Waals surface area contributed by atoms with Gasteiger partial charge in [0.1, 0.15) is 0 Å². The minimum absolute atomic E-state index is 0.183. The molecular formula is C12H17ClO. The third kappa shape index (κ3) is 2.10. The molecule has 0 aliphatic heterocycles. The summed E-state index contributed by atoms with van der Waals surface area (Å²) in [6.07, 6.45) is 0. The molecule has 0 aliphatic rings. The first-order chi connectivity index (χ1) is 6.35. The van der Waals surface area contributed by atoms with E-state index in [0.717, 1.165) is 11.1 Å². The molecule has 0 bridgehead atoms. The summed E-state index contributed by atoms with van der Waals surface area (Å²) in [5.41, 5.74) is 1.21.